The van der Waals surface area contributed by atoms with E-state index in [1.54, 1.807) is 0 Å². The molecule has 2 atom stereocenters. The van der Waals surface area contributed by atoms with E-state index in [9.17, 15) is 0 Å². The molecule has 0 radical (unpaired) electrons. The lowest BCUT2D eigenvalue weighted by Crippen LogP contribution is -2.43. The van der Waals surface area contributed by atoms with E-state index in [2.05, 4.69) is 50.7 Å². The highest BCUT2D eigenvalue weighted by Gasteiger charge is 2.43. The van der Waals surface area contributed by atoms with Crippen molar-refractivity contribution in [3.8, 4) is 0 Å². The van der Waals surface area contributed by atoms with Crippen molar-refractivity contribution in [2.24, 2.45) is 5.41 Å². The molecule has 1 fully saturated rings. The summed E-state index contributed by atoms with van der Waals surface area (Å²) in [5.41, 5.74) is 2.99. The molecule has 1 N–H and O–H groups in total. The average molecular weight is 263 g/mol. The number of hydrogen-bond acceptors (Lipinski definition) is 2. The van der Waals surface area contributed by atoms with Gasteiger partial charge in [0.15, 0.2) is 0 Å². The van der Waals surface area contributed by atoms with Crippen LogP contribution in [-0.4, -0.2) is 22.4 Å². The summed E-state index contributed by atoms with van der Waals surface area (Å²) in [5.74, 6) is 0. The van der Waals surface area contributed by atoms with Crippen molar-refractivity contribution in [3.63, 3.8) is 0 Å². The number of nitrogens with zero attached hydrogens (tertiary/aromatic N) is 2. The highest BCUT2D eigenvalue weighted by atomic mass is 15.3. The second-order valence-electron chi connectivity index (χ2n) is 6.41. The van der Waals surface area contributed by atoms with Crippen LogP contribution < -0.4 is 5.32 Å². The Morgan fingerprint density at radius 1 is 1.32 bits per heavy atom. The summed E-state index contributed by atoms with van der Waals surface area (Å²) in [7, 11) is 0. The lowest BCUT2D eigenvalue weighted by atomic mass is 9.86. The Morgan fingerprint density at radius 3 is 2.63 bits per heavy atom. The molecule has 3 nitrogen and oxygen atoms in total. The van der Waals surface area contributed by atoms with Crippen LogP contribution in [0.4, 0.5) is 0 Å². The third-order valence-corrected chi connectivity index (χ3v) is 4.64. The van der Waals surface area contributed by atoms with Crippen LogP contribution in [0.2, 0.25) is 0 Å². The van der Waals surface area contributed by atoms with Gasteiger partial charge in [0.1, 0.15) is 0 Å². The first kappa shape index (κ1) is 14.6. The number of aromatic nitrogens is 2. The van der Waals surface area contributed by atoms with Gasteiger partial charge in [0.25, 0.3) is 0 Å². The quantitative estimate of drug-likeness (QED) is 0.883. The highest BCUT2D eigenvalue weighted by Crippen LogP contribution is 2.44. The standard InChI is InChI=1S/C16H29N3/c1-6-12-11-13(7-2)19(18-12)14-9-10-16(4,5)15(14)17-8-3/h11,14-15,17H,6-10H2,1-5H3. The lowest BCUT2D eigenvalue weighted by molar-refractivity contribution is 0.242. The average Bonchev–Trinajstić information content (AvgIpc) is 2.92. The third kappa shape index (κ3) is 2.71. The van der Waals surface area contributed by atoms with Crippen molar-refractivity contribution >= 4 is 0 Å². The van der Waals surface area contributed by atoms with E-state index < -0.39 is 0 Å². The minimum atomic E-state index is 0.365. The van der Waals surface area contributed by atoms with Gasteiger partial charge in [0.05, 0.1) is 11.7 Å². The Hall–Kier alpha value is -0.830. The monoisotopic (exact) mass is 263 g/mol. The van der Waals surface area contributed by atoms with E-state index in [-0.39, 0.29) is 0 Å². The zero-order chi connectivity index (χ0) is 14.0. The number of likely N-dealkylation sites (N-methyl/N-ethyl adjacent to an activating group) is 1. The molecule has 2 unspecified atom stereocenters. The topological polar surface area (TPSA) is 29.9 Å². The Labute approximate surface area is 117 Å². The van der Waals surface area contributed by atoms with Gasteiger partial charge >= 0.3 is 0 Å². The zero-order valence-corrected chi connectivity index (χ0v) is 13.2. The highest BCUT2D eigenvalue weighted by molar-refractivity contribution is 5.13. The molecule has 0 spiro atoms. The molecule has 1 saturated carbocycles. The Morgan fingerprint density at radius 2 is 2.05 bits per heavy atom. The van der Waals surface area contributed by atoms with E-state index >= 15 is 0 Å². The van der Waals surface area contributed by atoms with Gasteiger partial charge in [-0.2, -0.15) is 5.10 Å². The summed E-state index contributed by atoms with van der Waals surface area (Å²) in [5, 5.41) is 8.56. The minimum Gasteiger partial charge on any atom is -0.312 e. The van der Waals surface area contributed by atoms with Gasteiger partial charge in [-0.1, -0.05) is 34.6 Å². The van der Waals surface area contributed by atoms with Gasteiger partial charge in [-0.3, -0.25) is 4.68 Å². The van der Waals surface area contributed by atoms with Crippen molar-refractivity contribution in [1.29, 1.82) is 0 Å². The molecular weight excluding hydrogens is 234 g/mol. The second kappa shape index (κ2) is 5.66. The van der Waals surface area contributed by atoms with Crippen LogP contribution in [0, 0.1) is 5.41 Å². The van der Waals surface area contributed by atoms with Gasteiger partial charge in [-0.05, 0) is 43.7 Å². The minimum absolute atomic E-state index is 0.365. The van der Waals surface area contributed by atoms with Gasteiger partial charge < -0.3 is 5.32 Å². The zero-order valence-electron chi connectivity index (χ0n) is 13.2. The maximum absolute atomic E-state index is 4.86. The molecule has 2 rings (SSSR count). The summed E-state index contributed by atoms with van der Waals surface area (Å²) in [6, 6.07) is 3.34. The van der Waals surface area contributed by atoms with Crippen molar-refractivity contribution < 1.29 is 0 Å². The molecule has 108 valence electrons. The Bertz CT molecular complexity index is 420. The summed E-state index contributed by atoms with van der Waals surface area (Å²) in [4.78, 5) is 0. The fourth-order valence-corrected chi connectivity index (χ4v) is 3.47. The van der Waals surface area contributed by atoms with E-state index in [0.717, 1.165) is 19.4 Å². The lowest BCUT2D eigenvalue weighted by Gasteiger charge is -2.32. The van der Waals surface area contributed by atoms with Crippen LogP contribution in [0.1, 0.15) is 64.9 Å². The SMILES string of the molecule is CCNC1C(n2nc(CC)cc2CC)CCC1(C)C. The normalized spacial score (nSPS) is 25.9. The molecule has 1 heterocycles. The third-order valence-electron chi connectivity index (χ3n) is 4.64. The molecule has 0 aromatic carbocycles. The van der Waals surface area contributed by atoms with Crippen LogP contribution in [0.5, 0.6) is 0 Å². The second-order valence-corrected chi connectivity index (χ2v) is 6.41. The number of rotatable bonds is 5. The molecule has 1 aliphatic carbocycles. The molecule has 1 aliphatic rings. The fraction of sp³-hybridized carbons (Fsp3) is 0.812. The molecule has 1 aromatic rings. The molecule has 3 heteroatoms. The molecule has 1 aromatic heterocycles. The van der Waals surface area contributed by atoms with Gasteiger partial charge in [0.2, 0.25) is 0 Å². The van der Waals surface area contributed by atoms with Crippen LogP contribution in [0.3, 0.4) is 0 Å². The first-order chi connectivity index (χ1) is 9.03. The summed E-state index contributed by atoms with van der Waals surface area (Å²) in [6.07, 6.45) is 4.62. The van der Waals surface area contributed by atoms with E-state index in [4.69, 9.17) is 5.10 Å². The number of hydrogen-bond donors (Lipinski definition) is 1. The number of nitrogens with one attached hydrogen (secondary N) is 1. The smallest absolute Gasteiger partial charge is 0.0680 e. The summed E-state index contributed by atoms with van der Waals surface area (Å²) >= 11 is 0. The van der Waals surface area contributed by atoms with E-state index in [1.165, 1.54) is 24.2 Å². The Kier molecular flexibility index (Phi) is 4.34. The molecular formula is C16H29N3. The maximum Gasteiger partial charge on any atom is 0.0680 e. The fourth-order valence-electron chi connectivity index (χ4n) is 3.47. The van der Waals surface area contributed by atoms with Crippen LogP contribution in [0.25, 0.3) is 0 Å². The first-order valence-corrected chi connectivity index (χ1v) is 7.84. The van der Waals surface area contributed by atoms with Crippen molar-refractivity contribution in [1.82, 2.24) is 15.1 Å². The van der Waals surface area contributed by atoms with Gasteiger partial charge in [-0.15, -0.1) is 0 Å². The van der Waals surface area contributed by atoms with Crippen molar-refractivity contribution in [2.75, 3.05) is 6.54 Å². The molecule has 0 aliphatic heterocycles. The molecule has 19 heavy (non-hydrogen) atoms. The molecule has 0 amide bonds. The maximum atomic E-state index is 4.86. The largest absolute Gasteiger partial charge is 0.312 e. The predicted octanol–water partition coefficient (Wildman–Crippen LogP) is 3.35. The molecule has 0 saturated heterocycles. The molecule has 0 bridgehead atoms. The Balaban J connectivity index is 2.32. The van der Waals surface area contributed by atoms with Gasteiger partial charge in [0, 0.05) is 11.7 Å². The van der Waals surface area contributed by atoms with E-state index in [1.807, 2.05) is 0 Å². The van der Waals surface area contributed by atoms with Crippen molar-refractivity contribution in [2.45, 2.75) is 72.4 Å². The summed E-state index contributed by atoms with van der Waals surface area (Å²) in [6.45, 7) is 12.4. The predicted molar refractivity (Wildman–Crippen MR) is 80.5 cm³/mol. The first-order valence-electron chi connectivity index (χ1n) is 7.84. The van der Waals surface area contributed by atoms with Crippen LogP contribution in [-0.2, 0) is 12.8 Å². The van der Waals surface area contributed by atoms with Crippen LogP contribution >= 0.6 is 0 Å². The van der Waals surface area contributed by atoms with E-state index in [0.29, 0.717) is 17.5 Å². The van der Waals surface area contributed by atoms with Gasteiger partial charge in [-0.25, -0.2) is 0 Å². The van der Waals surface area contributed by atoms with Crippen LogP contribution in [0.15, 0.2) is 6.07 Å². The number of aryl methyl sites for hydroxylation is 2. The summed E-state index contributed by atoms with van der Waals surface area (Å²) < 4.78 is 2.32. The van der Waals surface area contributed by atoms with Crippen molar-refractivity contribution in [3.05, 3.63) is 17.5 Å².